The Morgan fingerprint density at radius 1 is 0.958 bits per heavy atom. The Kier molecular flexibility index (Phi) is 4.84. The van der Waals surface area contributed by atoms with Crippen LogP contribution in [0.2, 0.25) is 0 Å². The van der Waals surface area contributed by atoms with Crippen LogP contribution in [0.1, 0.15) is 25.0 Å². The van der Waals surface area contributed by atoms with Crippen LogP contribution in [0.15, 0.2) is 36.4 Å². The highest BCUT2D eigenvalue weighted by atomic mass is 16.7. The summed E-state index contributed by atoms with van der Waals surface area (Å²) in [6.45, 7) is 4.82. The second-order valence-corrected chi connectivity index (χ2v) is 6.56. The molecule has 0 amide bonds. The molecule has 24 heavy (non-hydrogen) atoms. The second-order valence-electron chi connectivity index (χ2n) is 6.56. The van der Waals surface area contributed by atoms with E-state index in [2.05, 4.69) is 26.0 Å². The fourth-order valence-electron chi connectivity index (χ4n) is 3.08. The summed E-state index contributed by atoms with van der Waals surface area (Å²) in [5.41, 5.74) is 2.38. The van der Waals surface area contributed by atoms with Gasteiger partial charge in [0, 0.05) is 0 Å². The Balaban J connectivity index is 1.62. The van der Waals surface area contributed by atoms with Gasteiger partial charge >= 0.3 is 0 Å². The van der Waals surface area contributed by atoms with E-state index in [9.17, 15) is 5.11 Å². The molecule has 0 saturated heterocycles. The lowest BCUT2D eigenvalue weighted by molar-refractivity contribution is 0.174. The zero-order valence-electron chi connectivity index (χ0n) is 14.4. The minimum atomic E-state index is 0.200. The molecule has 0 spiro atoms. The normalized spacial score (nSPS) is 15.1. The molecule has 2 atom stereocenters. The van der Waals surface area contributed by atoms with Crippen molar-refractivity contribution >= 4 is 0 Å². The molecular weight excluding hydrogens is 304 g/mol. The zero-order valence-corrected chi connectivity index (χ0v) is 14.4. The summed E-state index contributed by atoms with van der Waals surface area (Å²) < 4.78 is 15.9. The van der Waals surface area contributed by atoms with Gasteiger partial charge in [-0.25, -0.2) is 0 Å². The quantitative estimate of drug-likeness (QED) is 0.864. The van der Waals surface area contributed by atoms with Crippen molar-refractivity contribution in [3.63, 3.8) is 0 Å². The fourth-order valence-corrected chi connectivity index (χ4v) is 3.08. The van der Waals surface area contributed by atoms with Crippen molar-refractivity contribution in [1.29, 1.82) is 0 Å². The van der Waals surface area contributed by atoms with E-state index in [1.165, 1.54) is 5.56 Å². The minimum Gasteiger partial charge on any atom is -0.504 e. The molecular formula is C20H24O4. The summed E-state index contributed by atoms with van der Waals surface area (Å²) in [6, 6.07) is 11.8. The molecule has 0 fully saturated rings. The van der Waals surface area contributed by atoms with E-state index in [1.807, 2.05) is 18.2 Å². The molecule has 1 aliphatic rings. The number of hydrogen-bond donors (Lipinski definition) is 1. The molecule has 0 unspecified atom stereocenters. The maximum absolute atomic E-state index is 9.92. The molecule has 1 heterocycles. The molecule has 2 aromatic carbocycles. The number of benzene rings is 2. The molecule has 0 aliphatic carbocycles. The number of hydrogen-bond acceptors (Lipinski definition) is 4. The van der Waals surface area contributed by atoms with Crippen molar-refractivity contribution in [2.24, 2.45) is 11.8 Å². The standard InChI is InChI=1S/C20H24O4/c1-13(8-15-4-6-18(22-3)17(21)10-15)14(2)9-16-5-7-19-20(11-16)24-12-23-19/h4-7,10-11,13-14,21H,8-9,12H2,1-3H3/t13-,14+/m1/s1. The number of methoxy groups -OCH3 is 1. The Bertz CT molecular complexity index is 711. The highest BCUT2D eigenvalue weighted by Crippen LogP contribution is 2.34. The number of phenolic OH excluding ortho intramolecular Hbond substituents is 1. The molecule has 1 N–H and O–H groups in total. The molecule has 0 radical (unpaired) electrons. The first-order valence-corrected chi connectivity index (χ1v) is 8.31. The molecule has 0 bridgehead atoms. The van der Waals surface area contributed by atoms with Crippen molar-refractivity contribution in [2.75, 3.05) is 13.9 Å². The van der Waals surface area contributed by atoms with Gasteiger partial charge in [0.1, 0.15) is 0 Å². The largest absolute Gasteiger partial charge is 0.504 e. The number of phenols is 1. The number of aromatic hydroxyl groups is 1. The Morgan fingerprint density at radius 2 is 1.58 bits per heavy atom. The van der Waals surface area contributed by atoms with E-state index in [4.69, 9.17) is 14.2 Å². The van der Waals surface area contributed by atoms with E-state index in [-0.39, 0.29) is 5.75 Å². The lowest BCUT2D eigenvalue weighted by Gasteiger charge is -2.20. The van der Waals surface area contributed by atoms with Gasteiger partial charge in [0.05, 0.1) is 7.11 Å². The highest BCUT2D eigenvalue weighted by Gasteiger charge is 2.17. The van der Waals surface area contributed by atoms with Crippen LogP contribution in [-0.2, 0) is 12.8 Å². The van der Waals surface area contributed by atoms with Crippen LogP contribution in [0, 0.1) is 11.8 Å². The van der Waals surface area contributed by atoms with Crippen LogP contribution in [0.3, 0.4) is 0 Å². The van der Waals surface area contributed by atoms with Gasteiger partial charge < -0.3 is 19.3 Å². The van der Waals surface area contributed by atoms with Gasteiger partial charge in [0.25, 0.3) is 0 Å². The Labute approximate surface area is 143 Å². The molecule has 0 saturated carbocycles. The van der Waals surface area contributed by atoms with Crippen molar-refractivity contribution in [1.82, 2.24) is 0 Å². The summed E-state index contributed by atoms with van der Waals surface area (Å²) in [7, 11) is 1.56. The Hall–Kier alpha value is -2.36. The first-order valence-electron chi connectivity index (χ1n) is 8.31. The number of ether oxygens (including phenoxy) is 3. The van der Waals surface area contributed by atoms with Crippen LogP contribution in [0.4, 0.5) is 0 Å². The average molecular weight is 328 g/mol. The van der Waals surface area contributed by atoms with E-state index in [1.54, 1.807) is 13.2 Å². The van der Waals surface area contributed by atoms with Gasteiger partial charge in [0.15, 0.2) is 23.0 Å². The maximum Gasteiger partial charge on any atom is 0.231 e. The molecule has 1 aliphatic heterocycles. The van der Waals surface area contributed by atoms with Crippen molar-refractivity contribution in [2.45, 2.75) is 26.7 Å². The summed E-state index contributed by atoms with van der Waals surface area (Å²) in [6.07, 6.45) is 1.91. The lowest BCUT2D eigenvalue weighted by atomic mass is 9.85. The topological polar surface area (TPSA) is 47.9 Å². The first kappa shape index (κ1) is 16.5. The first-order chi connectivity index (χ1) is 11.6. The average Bonchev–Trinajstić information content (AvgIpc) is 3.02. The van der Waals surface area contributed by atoms with Gasteiger partial charge in [-0.3, -0.25) is 0 Å². The minimum absolute atomic E-state index is 0.200. The van der Waals surface area contributed by atoms with E-state index >= 15 is 0 Å². The van der Waals surface area contributed by atoms with Crippen LogP contribution in [0.25, 0.3) is 0 Å². The van der Waals surface area contributed by atoms with Crippen LogP contribution < -0.4 is 14.2 Å². The van der Waals surface area contributed by atoms with E-state index in [0.717, 1.165) is 29.9 Å². The number of fused-ring (bicyclic) bond motifs is 1. The Morgan fingerprint density at radius 3 is 2.25 bits per heavy atom. The SMILES string of the molecule is COc1ccc(C[C@@H](C)[C@@H](C)Cc2ccc3c(c2)OCO3)cc1O. The van der Waals surface area contributed by atoms with Crippen molar-refractivity contribution in [3.8, 4) is 23.0 Å². The third-order valence-corrected chi connectivity index (χ3v) is 4.77. The third kappa shape index (κ3) is 3.58. The smallest absolute Gasteiger partial charge is 0.231 e. The molecule has 4 nitrogen and oxygen atoms in total. The zero-order chi connectivity index (χ0) is 17.1. The van der Waals surface area contributed by atoms with Crippen LogP contribution in [0.5, 0.6) is 23.0 Å². The van der Waals surface area contributed by atoms with E-state index in [0.29, 0.717) is 24.4 Å². The highest BCUT2D eigenvalue weighted by molar-refractivity contribution is 5.44. The maximum atomic E-state index is 9.92. The van der Waals surface area contributed by atoms with E-state index < -0.39 is 0 Å². The summed E-state index contributed by atoms with van der Waals surface area (Å²) in [5, 5.41) is 9.92. The van der Waals surface area contributed by atoms with Crippen LogP contribution in [-0.4, -0.2) is 19.0 Å². The van der Waals surface area contributed by atoms with Gasteiger partial charge in [-0.05, 0) is 60.1 Å². The van der Waals surface area contributed by atoms with Gasteiger partial charge in [-0.15, -0.1) is 0 Å². The molecule has 2 aromatic rings. The summed E-state index contributed by atoms with van der Waals surface area (Å²) in [4.78, 5) is 0. The third-order valence-electron chi connectivity index (χ3n) is 4.77. The predicted octanol–water partition coefficient (Wildman–Crippen LogP) is 4.19. The van der Waals surface area contributed by atoms with Crippen LogP contribution >= 0.6 is 0 Å². The monoisotopic (exact) mass is 328 g/mol. The second kappa shape index (κ2) is 7.04. The van der Waals surface area contributed by atoms with Crippen molar-refractivity contribution < 1.29 is 19.3 Å². The lowest BCUT2D eigenvalue weighted by Crippen LogP contribution is -2.13. The van der Waals surface area contributed by atoms with Crippen molar-refractivity contribution in [3.05, 3.63) is 47.5 Å². The molecule has 3 rings (SSSR count). The van der Waals surface area contributed by atoms with Gasteiger partial charge in [-0.2, -0.15) is 0 Å². The molecule has 4 heteroatoms. The molecule has 128 valence electrons. The fraction of sp³-hybridized carbons (Fsp3) is 0.400. The molecule has 0 aromatic heterocycles. The predicted molar refractivity (Wildman–Crippen MR) is 93.0 cm³/mol. The number of rotatable bonds is 6. The van der Waals surface area contributed by atoms with Gasteiger partial charge in [0.2, 0.25) is 6.79 Å². The summed E-state index contributed by atoms with van der Waals surface area (Å²) >= 11 is 0. The van der Waals surface area contributed by atoms with Gasteiger partial charge in [-0.1, -0.05) is 26.0 Å². The summed E-state index contributed by atoms with van der Waals surface area (Å²) in [5.74, 6) is 3.38.